The van der Waals surface area contributed by atoms with Crippen LogP contribution in [0, 0.1) is 0 Å². The summed E-state index contributed by atoms with van der Waals surface area (Å²) in [5, 5.41) is 1.58. The van der Waals surface area contributed by atoms with E-state index in [0.29, 0.717) is 22.3 Å². The van der Waals surface area contributed by atoms with Gasteiger partial charge in [-0.1, -0.05) is 41.9 Å². The molecule has 0 fully saturated rings. The molecule has 25 heavy (non-hydrogen) atoms. The first-order valence-electron chi connectivity index (χ1n) is 7.78. The number of ether oxygens (including phenoxy) is 1. The van der Waals surface area contributed by atoms with Crippen LogP contribution in [0.5, 0.6) is 5.75 Å². The molecule has 0 aliphatic rings. The molecule has 0 saturated heterocycles. The van der Waals surface area contributed by atoms with Crippen molar-refractivity contribution >= 4 is 22.5 Å². The van der Waals surface area contributed by atoms with E-state index in [1.807, 2.05) is 66.9 Å². The van der Waals surface area contributed by atoms with Gasteiger partial charge >= 0.3 is 0 Å². The second-order valence-corrected chi connectivity index (χ2v) is 5.88. The number of hydrogen-bond donors (Lipinski definition) is 0. The summed E-state index contributed by atoms with van der Waals surface area (Å²) in [5.74, 6) is 1.25. The molecular weight excluding hydrogens is 334 g/mol. The highest BCUT2D eigenvalue weighted by Crippen LogP contribution is 2.35. The van der Waals surface area contributed by atoms with Gasteiger partial charge in [0.2, 0.25) is 0 Å². The minimum atomic E-state index is 0.576. The summed E-state index contributed by atoms with van der Waals surface area (Å²) < 4.78 is 5.43. The largest absolute Gasteiger partial charge is 0.496 e. The lowest BCUT2D eigenvalue weighted by atomic mass is 10.1. The maximum absolute atomic E-state index is 6.37. The Hall–Kier alpha value is -2.98. The predicted molar refractivity (Wildman–Crippen MR) is 99.8 cm³/mol. The van der Waals surface area contributed by atoms with Crippen LogP contribution in [0.4, 0.5) is 0 Å². The molecule has 0 spiro atoms. The third kappa shape index (κ3) is 2.92. The molecule has 5 heteroatoms. The maximum Gasteiger partial charge on any atom is 0.178 e. The first-order valence-corrected chi connectivity index (χ1v) is 8.16. The molecule has 0 unspecified atom stereocenters. The van der Waals surface area contributed by atoms with Gasteiger partial charge in [0.05, 0.1) is 28.9 Å². The Morgan fingerprint density at radius 2 is 1.64 bits per heavy atom. The average molecular weight is 348 g/mol. The molecule has 0 aliphatic carbocycles. The predicted octanol–water partition coefficient (Wildman–Crippen LogP) is 5.02. The fourth-order valence-electron chi connectivity index (χ4n) is 2.72. The van der Waals surface area contributed by atoms with Crippen LogP contribution in [-0.4, -0.2) is 22.1 Å². The number of hydrogen-bond acceptors (Lipinski definition) is 4. The van der Waals surface area contributed by atoms with Gasteiger partial charge in [-0.3, -0.25) is 0 Å². The zero-order valence-corrected chi connectivity index (χ0v) is 14.2. The minimum Gasteiger partial charge on any atom is -0.496 e. The smallest absolute Gasteiger partial charge is 0.178 e. The molecule has 2 heterocycles. The number of fused-ring (bicyclic) bond motifs is 1. The molecule has 4 nitrogen and oxygen atoms in total. The van der Waals surface area contributed by atoms with E-state index in [0.717, 1.165) is 22.2 Å². The number of nitrogens with zero attached hydrogens (tertiary/aromatic N) is 3. The molecule has 4 aromatic rings. The zero-order valence-electron chi connectivity index (χ0n) is 13.5. The standard InChI is InChI=1S/C20H14ClN3O/c1-25-18-11-4-7-14(21)19(18)16-9-5-10-17(23-16)20-22-12-13-6-2-3-8-15(13)24-20/h2-12H,1H3. The van der Waals surface area contributed by atoms with Crippen molar-refractivity contribution in [2.45, 2.75) is 0 Å². The van der Waals surface area contributed by atoms with Gasteiger partial charge in [0.15, 0.2) is 5.82 Å². The summed E-state index contributed by atoms with van der Waals surface area (Å²) in [7, 11) is 1.62. The molecule has 0 aliphatic heterocycles. The van der Waals surface area contributed by atoms with Crippen molar-refractivity contribution < 1.29 is 4.74 Å². The normalized spacial score (nSPS) is 10.8. The second-order valence-electron chi connectivity index (χ2n) is 5.48. The molecule has 122 valence electrons. The van der Waals surface area contributed by atoms with E-state index in [9.17, 15) is 0 Å². The van der Waals surface area contributed by atoms with E-state index in [2.05, 4.69) is 9.97 Å². The van der Waals surface area contributed by atoms with Crippen molar-refractivity contribution in [2.24, 2.45) is 0 Å². The van der Waals surface area contributed by atoms with E-state index in [1.165, 1.54) is 0 Å². The fraction of sp³-hybridized carbons (Fsp3) is 0.0500. The molecule has 2 aromatic carbocycles. The van der Waals surface area contributed by atoms with E-state index in [-0.39, 0.29) is 0 Å². The highest BCUT2D eigenvalue weighted by atomic mass is 35.5. The highest BCUT2D eigenvalue weighted by molar-refractivity contribution is 6.33. The van der Waals surface area contributed by atoms with Crippen LogP contribution >= 0.6 is 11.6 Å². The maximum atomic E-state index is 6.37. The van der Waals surface area contributed by atoms with E-state index >= 15 is 0 Å². The van der Waals surface area contributed by atoms with Crippen LogP contribution in [0.2, 0.25) is 5.02 Å². The van der Waals surface area contributed by atoms with Crippen molar-refractivity contribution in [2.75, 3.05) is 7.11 Å². The topological polar surface area (TPSA) is 47.9 Å². The second kappa shape index (κ2) is 6.49. The van der Waals surface area contributed by atoms with Crippen LogP contribution in [0.1, 0.15) is 0 Å². The number of rotatable bonds is 3. The van der Waals surface area contributed by atoms with Gasteiger partial charge in [0.1, 0.15) is 11.4 Å². The molecule has 0 amide bonds. The Bertz CT molecular complexity index is 1070. The number of benzene rings is 2. The van der Waals surface area contributed by atoms with Crippen LogP contribution in [0.15, 0.2) is 66.9 Å². The molecular formula is C20H14ClN3O. The SMILES string of the molecule is COc1cccc(Cl)c1-c1cccc(-c2ncc3ccccc3n2)n1. The van der Waals surface area contributed by atoms with Gasteiger partial charge in [-0.2, -0.15) is 0 Å². The molecule has 4 rings (SSSR count). The Kier molecular flexibility index (Phi) is 4.04. The summed E-state index contributed by atoms with van der Waals surface area (Å²) in [6.07, 6.45) is 1.81. The first kappa shape index (κ1) is 15.5. The molecule has 0 N–H and O–H groups in total. The molecule has 0 radical (unpaired) electrons. The molecule has 0 bridgehead atoms. The van der Waals surface area contributed by atoms with Crippen molar-refractivity contribution in [1.82, 2.24) is 15.0 Å². The van der Waals surface area contributed by atoms with E-state index in [4.69, 9.17) is 21.3 Å². The highest BCUT2D eigenvalue weighted by Gasteiger charge is 2.13. The zero-order chi connectivity index (χ0) is 17.2. The fourth-order valence-corrected chi connectivity index (χ4v) is 2.98. The van der Waals surface area contributed by atoms with E-state index < -0.39 is 0 Å². The monoisotopic (exact) mass is 347 g/mol. The number of halogens is 1. The first-order chi connectivity index (χ1) is 12.3. The summed E-state index contributed by atoms with van der Waals surface area (Å²) >= 11 is 6.37. The number of aromatic nitrogens is 3. The summed E-state index contributed by atoms with van der Waals surface area (Å²) in [6.45, 7) is 0. The Morgan fingerprint density at radius 1 is 0.840 bits per heavy atom. The van der Waals surface area contributed by atoms with Gasteiger partial charge in [0, 0.05) is 11.6 Å². The lowest BCUT2D eigenvalue weighted by Gasteiger charge is -2.10. The number of methoxy groups -OCH3 is 1. The minimum absolute atomic E-state index is 0.576. The van der Waals surface area contributed by atoms with Crippen molar-refractivity contribution in [3.63, 3.8) is 0 Å². The Morgan fingerprint density at radius 3 is 2.52 bits per heavy atom. The van der Waals surface area contributed by atoms with Gasteiger partial charge in [-0.25, -0.2) is 15.0 Å². The summed E-state index contributed by atoms with van der Waals surface area (Å²) in [4.78, 5) is 13.7. The van der Waals surface area contributed by atoms with Crippen molar-refractivity contribution in [3.8, 4) is 28.5 Å². The van der Waals surface area contributed by atoms with E-state index in [1.54, 1.807) is 7.11 Å². The lowest BCUT2D eigenvalue weighted by molar-refractivity contribution is 0.416. The summed E-state index contributed by atoms with van der Waals surface area (Å²) in [5.41, 5.74) is 3.05. The van der Waals surface area contributed by atoms with Gasteiger partial charge in [-0.15, -0.1) is 0 Å². The lowest BCUT2D eigenvalue weighted by Crippen LogP contribution is -1.95. The van der Waals surface area contributed by atoms with Gasteiger partial charge < -0.3 is 4.74 Å². The average Bonchev–Trinajstić information content (AvgIpc) is 2.67. The Balaban J connectivity index is 1.84. The molecule has 2 aromatic heterocycles. The third-order valence-corrected chi connectivity index (χ3v) is 4.23. The third-order valence-electron chi connectivity index (χ3n) is 3.92. The molecule has 0 atom stereocenters. The Labute approximate surface area is 150 Å². The van der Waals surface area contributed by atoms with Crippen LogP contribution < -0.4 is 4.74 Å². The molecule has 0 saturated carbocycles. The van der Waals surface area contributed by atoms with Crippen LogP contribution in [-0.2, 0) is 0 Å². The van der Waals surface area contributed by atoms with Crippen molar-refractivity contribution in [1.29, 1.82) is 0 Å². The van der Waals surface area contributed by atoms with Crippen LogP contribution in [0.25, 0.3) is 33.7 Å². The van der Waals surface area contributed by atoms with Gasteiger partial charge in [0.25, 0.3) is 0 Å². The summed E-state index contributed by atoms with van der Waals surface area (Å²) in [6, 6.07) is 19.1. The number of para-hydroxylation sites is 1. The quantitative estimate of drug-likeness (QED) is 0.522. The van der Waals surface area contributed by atoms with Gasteiger partial charge in [-0.05, 0) is 30.3 Å². The van der Waals surface area contributed by atoms with Crippen molar-refractivity contribution in [3.05, 3.63) is 71.9 Å². The van der Waals surface area contributed by atoms with Crippen LogP contribution in [0.3, 0.4) is 0 Å². The number of pyridine rings is 1.